The van der Waals surface area contributed by atoms with E-state index in [0.717, 1.165) is 6.42 Å². The molecule has 10 heavy (non-hydrogen) atoms. The van der Waals surface area contributed by atoms with Crippen LogP contribution >= 0.6 is 0 Å². The van der Waals surface area contributed by atoms with Crippen LogP contribution in [0.3, 0.4) is 0 Å². The average molecular weight is 138 g/mol. The monoisotopic (exact) mass is 138 g/mol. The molecule has 0 rings (SSSR count). The molecule has 0 nitrogen and oxygen atoms in total. The quantitative estimate of drug-likeness (QED) is 0.514. The van der Waals surface area contributed by atoms with E-state index in [-0.39, 0.29) is 5.41 Å². The van der Waals surface area contributed by atoms with Gasteiger partial charge in [0, 0.05) is 11.8 Å². The SMILES string of the molecule is CCC#CC(C)(C)CCC. The minimum Gasteiger partial charge on any atom is -0.103 e. The van der Waals surface area contributed by atoms with Crippen LogP contribution < -0.4 is 0 Å². The molecule has 0 N–H and O–H groups in total. The Labute approximate surface area is 65.0 Å². The van der Waals surface area contributed by atoms with E-state index in [1.54, 1.807) is 0 Å². The first-order chi connectivity index (χ1) is 4.62. The van der Waals surface area contributed by atoms with Crippen molar-refractivity contribution >= 4 is 0 Å². The van der Waals surface area contributed by atoms with E-state index in [1.165, 1.54) is 12.8 Å². The lowest BCUT2D eigenvalue weighted by atomic mass is 9.89. The van der Waals surface area contributed by atoms with Gasteiger partial charge in [-0.2, -0.15) is 0 Å². The Hall–Kier alpha value is -0.440. The summed E-state index contributed by atoms with van der Waals surface area (Å²) in [4.78, 5) is 0. The van der Waals surface area contributed by atoms with Crippen LogP contribution in [0.4, 0.5) is 0 Å². The third-order valence-electron chi connectivity index (χ3n) is 1.48. The lowest BCUT2D eigenvalue weighted by molar-refractivity contribution is 0.452. The second-order valence-corrected chi connectivity index (χ2v) is 3.29. The molecule has 0 fully saturated rings. The molecule has 0 heteroatoms. The highest BCUT2D eigenvalue weighted by Gasteiger charge is 2.11. The van der Waals surface area contributed by atoms with Crippen molar-refractivity contribution in [2.24, 2.45) is 5.41 Å². The number of rotatable bonds is 2. The van der Waals surface area contributed by atoms with Crippen LogP contribution in [-0.4, -0.2) is 0 Å². The van der Waals surface area contributed by atoms with Gasteiger partial charge in [0.1, 0.15) is 0 Å². The minimum atomic E-state index is 0.241. The second-order valence-electron chi connectivity index (χ2n) is 3.29. The van der Waals surface area contributed by atoms with Crippen molar-refractivity contribution in [3.8, 4) is 11.8 Å². The average Bonchev–Trinajstić information content (AvgIpc) is 1.84. The van der Waals surface area contributed by atoms with E-state index in [2.05, 4.69) is 39.5 Å². The van der Waals surface area contributed by atoms with Crippen molar-refractivity contribution in [3.05, 3.63) is 0 Å². The van der Waals surface area contributed by atoms with Crippen molar-refractivity contribution in [3.63, 3.8) is 0 Å². The van der Waals surface area contributed by atoms with Crippen molar-refractivity contribution in [2.45, 2.75) is 47.0 Å². The molecule has 0 aromatic carbocycles. The fraction of sp³-hybridized carbons (Fsp3) is 0.800. The van der Waals surface area contributed by atoms with Gasteiger partial charge in [0.2, 0.25) is 0 Å². The first-order valence-corrected chi connectivity index (χ1v) is 4.12. The molecule has 58 valence electrons. The largest absolute Gasteiger partial charge is 0.103 e. The predicted octanol–water partition coefficient (Wildman–Crippen LogP) is 3.23. The molecule has 0 spiro atoms. The Kier molecular flexibility index (Phi) is 4.19. The molecule has 0 aliphatic heterocycles. The first kappa shape index (κ1) is 9.56. The lowest BCUT2D eigenvalue weighted by Crippen LogP contribution is -2.06. The topological polar surface area (TPSA) is 0 Å². The highest BCUT2D eigenvalue weighted by atomic mass is 14.1. The normalized spacial score (nSPS) is 10.4. The molecule has 0 radical (unpaired) electrons. The van der Waals surface area contributed by atoms with Gasteiger partial charge in [-0.1, -0.05) is 26.2 Å². The predicted molar refractivity (Wildman–Crippen MR) is 46.8 cm³/mol. The Bertz CT molecular complexity index is 132. The van der Waals surface area contributed by atoms with Crippen molar-refractivity contribution in [2.75, 3.05) is 0 Å². The van der Waals surface area contributed by atoms with Gasteiger partial charge >= 0.3 is 0 Å². The second kappa shape index (κ2) is 4.39. The van der Waals surface area contributed by atoms with Crippen molar-refractivity contribution in [1.29, 1.82) is 0 Å². The van der Waals surface area contributed by atoms with Crippen LogP contribution in [0.1, 0.15) is 47.0 Å². The third kappa shape index (κ3) is 4.44. The molecule has 0 aromatic heterocycles. The Balaban J connectivity index is 3.85. The molecule has 0 heterocycles. The van der Waals surface area contributed by atoms with Crippen LogP contribution in [0, 0.1) is 17.3 Å². The van der Waals surface area contributed by atoms with Gasteiger partial charge in [-0.05, 0) is 20.3 Å². The maximum Gasteiger partial charge on any atom is 0.0258 e. The lowest BCUT2D eigenvalue weighted by Gasteiger charge is -2.15. The minimum absolute atomic E-state index is 0.241. The fourth-order valence-corrected chi connectivity index (χ4v) is 1.02. The van der Waals surface area contributed by atoms with E-state index < -0.39 is 0 Å². The molecule has 0 aliphatic rings. The van der Waals surface area contributed by atoms with Crippen LogP contribution in [0.25, 0.3) is 0 Å². The Morgan fingerprint density at radius 1 is 1.20 bits per heavy atom. The van der Waals surface area contributed by atoms with Gasteiger partial charge in [-0.15, -0.1) is 5.92 Å². The highest BCUT2D eigenvalue weighted by Crippen LogP contribution is 2.20. The maximum absolute atomic E-state index is 3.26. The molecule has 0 atom stereocenters. The smallest absolute Gasteiger partial charge is 0.0258 e. The Morgan fingerprint density at radius 2 is 1.80 bits per heavy atom. The van der Waals surface area contributed by atoms with Crippen LogP contribution in [0.5, 0.6) is 0 Å². The molecule has 0 saturated heterocycles. The van der Waals surface area contributed by atoms with Gasteiger partial charge in [-0.25, -0.2) is 0 Å². The summed E-state index contributed by atoms with van der Waals surface area (Å²) in [7, 11) is 0. The zero-order valence-electron chi connectivity index (χ0n) is 7.62. The zero-order chi connectivity index (χ0) is 8.04. The molecule has 0 aliphatic carbocycles. The molecular formula is C10H18. The first-order valence-electron chi connectivity index (χ1n) is 4.12. The summed E-state index contributed by atoms with van der Waals surface area (Å²) < 4.78 is 0. The molecule has 0 aromatic rings. The zero-order valence-corrected chi connectivity index (χ0v) is 7.62. The number of hydrogen-bond acceptors (Lipinski definition) is 0. The van der Waals surface area contributed by atoms with Gasteiger partial charge in [0.25, 0.3) is 0 Å². The van der Waals surface area contributed by atoms with Crippen molar-refractivity contribution < 1.29 is 0 Å². The summed E-state index contributed by atoms with van der Waals surface area (Å²) in [6.45, 7) is 8.71. The van der Waals surface area contributed by atoms with E-state index in [4.69, 9.17) is 0 Å². The van der Waals surface area contributed by atoms with E-state index in [9.17, 15) is 0 Å². The fourth-order valence-electron chi connectivity index (χ4n) is 1.02. The molecule has 0 bridgehead atoms. The summed E-state index contributed by atoms with van der Waals surface area (Å²) >= 11 is 0. The molecular weight excluding hydrogens is 120 g/mol. The van der Waals surface area contributed by atoms with E-state index >= 15 is 0 Å². The highest BCUT2D eigenvalue weighted by molar-refractivity contribution is 5.07. The maximum atomic E-state index is 3.26. The molecule has 0 amide bonds. The summed E-state index contributed by atoms with van der Waals surface area (Å²) in [6, 6.07) is 0. The Morgan fingerprint density at radius 3 is 2.20 bits per heavy atom. The van der Waals surface area contributed by atoms with Gasteiger partial charge in [-0.3, -0.25) is 0 Å². The molecule has 0 unspecified atom stereocenters. The number of hydrogen-bond donors (Lipinski definition) is 0. The standard InChI is InChI=1S/C10H18/c1-5-7-9-10(3,4)8-6-2/h5-6,8H2,1-4H3. The van der Waals surface area contributed by atoms with Crippen molar-refractivity contribution in [1.82, 2.24) is 0 Å². The van der Waals surface area contributed by atoms with Crippen LogP contribution in [0.2, 0.25) is 0 Å². The van der Waals surface area contributed by atoms with Gasteiger partial charge < -0.3 is 0 Å². The van der Waals surface area contributed by atoms with Crippen LogP contribution in [0.15, 0.2) is 0 Å². The molecule has 0 saturated carbocycles. The summed E-state index contributed by atoms with van der Waals surface area (Å²) in [5.41, 5.74) is 0.241. The van der Waals surface area contributed by atoms with E-state index in [1.807, 2.05) is 0 Å². The van der Waals surface area contributed by atoms with Gasteiger partial charge in [0.15, 0.2) is 0 Å². The van der Waals surface area contributed by atoms with Crippen LogP contribution in [-0.2, 0) is 0 Å². The van der Waals surface area contributed by atoms with E-state index in [0.29, 0.717) is 0 Å². The third-order valence-corrected chi connectivity index (χ3v) is 1.48. The summed E-state index contributed by atoms with van der Waals surface area (Å²) in [6.07, 6.45) is 3.42. The summed E-state index contributed by atoms with van der Waals surface area (Å²) in [5, 5.41) is 0. The summed E-state index contributed by atoms with van der Waals surface area (Å²) in [5.74, 6) is 6.38. The van der Waals surface area contributed by atoms with Gasteiger partial charge in [0.05, 0.1) is 0 Å².